The zero-order chi connectivity index (χ0) is 17.4. The van der Waals surface area contributed by atoms with Crippen LogP contribution in [0.1, 0.15) is 19.8 Å². The Morgan fingerprint density at radius 1 is 1.24 bits per heavy atom. The minimum absolute atomic E-state index is 0.0604. The molecule has 25 heavy (non-hydrogen) atoms. The molecule has 1 saturated carbocycles. The number of anilines is 1. The first-order chi connectivity index (χ1) is 12.2. The third-order valence-corrected chi connectivity index (χ3v) is 6.81. The molecule has 0 spiro atoms. The molecule has 0 saturated heterocycles. The average molecular weight is 371 g/mol. The Kier molecular flexibility index (Phi) is 4.61. The summed E-state index contributed by atoms with van der Waals surface area (Å²) in [6.07, 6.45) is 4.66. The van der Waals surface area contributed by atoms with E-state index in [0.29, 0.717) is 0 Å². The van der Waals surface area contributed by atoms with Crippen LogP contribution < -0.4 is 10.9 Å². The molecule has 0 bridgehead atoms. The van der Waals surface area contributed by atoms with Gasteiger partial charge in [0.25, 0.3) is 5.56 Å². The van der Waals surface area contributed by atoms with Gasteiger partial charge in [0.05, 0.1) is 9.21 Å². The first-order valence-corrected chi connectivity index (χ1v) is 10.6. The molecule has 0 unspecified atom stereocenters. The van der Waals surface area contributed by atoms with E-state index in [0.717, 1.165) is 34.6 Å². The van der Waals surface area contributed by atoms with E-state index in [4.69, 9.17) is 0 Å². The molecule has 1 N–H and O–H groups in total. The number of thiophene rings is 1. The molecule has 4 rings (SSSR count). The zero-order valence-corrected chi connectivity index (χ0v) is 16.2. The van der Waals surface area contributed by atoms with E-state index in [2.05, 4.69) is 24.4 Å². The number of rotatable bonds is 6. The van der Waals surface area contributed by atoms with Crippen molar-refractivity contribution in [2.75, 3.05) is 17.6 Å². The first-order valence-electron chi connectivity index (χ1n) is 8.76. The summed E-state index contributed by atoms with van der Waals surface area (Å²) in [6, 6.07) is 10.2. The highest BCUT2D eigenvalue weighted by Gasteiger charge is 2.22. The highest BCUT2D eigenvalue weighted by Crippen LogP contribution is 2.43. The Hall–Kier alpha value is -1.72. The van der Waals surface area contributed by atoms with Gasteiger partial charge in [0.15, 0.2) is 0 Å². The van der Waals surface area contributed by atoms with Crippen LogP contribution in [0.4, 0.5) is 5.00 Å². The van der Waals surface area contributed by atoms with Crippen LogP contribution in [-0.4, -0.2) is 16.9 Å². The molecule has 2 heterocycles. The van der Waals surface area contributed by atoms with Gasteiger partial charge in [0, 0.05) is 36.3 Å². The first kappa shape index (κ1) is 16.7. The summed E-state index contributed by atoms with van der Waals surface area (Å²) in [4.78, 5) is 12.5. The number of fused-ring (bicyclic) bond motifs is 1. The van der Waals surface area contributed by atoms with Gasteiger partial charge in [-0.25, -0.2) is 0 Å². The summed E-state index contributed by atoms with van der Waals surface area (Å²) in [6.45, 7) is 3.23. The van der Waals surface area contributed by atoms with Crippen molar-refractivity contribution in [3.05, 3.63) is 46.9 Å². The second kappa shape index (κ2) is 6.89. The fourth-order valence-corrected chi connectivity index (χ4v) is 5.24. The average Bonchev–Trinajstić information content (AvgIpc) is 3.37. The Morgan fingerprint density at radius 2 is 2.00 bits per heavy atom. The number of nitrogens with one attached hydrogen (secondary N) is 1. The number of aromatic nitrogens is 1. The van der Waals surface area contributed by atoms with Crippen LogP contribution in [0.15, 0.2) is 45.5 Å². The minimum atomic E-state index is 0.0604. The van der Waals surface area contributed by atoms with Gasteiger partial charge < -0.3 is 9.88 Å². The van der Waals surface area contributed by atoms with E-state index in [1.54, 1.807) is 4.57 Å². The normalized spacial score (nSPS) is 14.2. The van der Waals surface area contributed by atoms with Crippen LogP contribution in [0.3, 0.4) is 0 Å². The molecule has 1 aliphatic rings. The molecule has 0 radical (unpaired) electrons. The Labute approximate surface area is 156 Å². The number of nitrogens with zero attached hydrogens (tertiary/aromatic N) is 1. The lowest BCUT2D eigenvalue weighted by Crippen LogP contribution is -2.16. The quantitative estimate of drug-likeness (QED) is 0.606. The molecule has 3 aromatic rings. The van der Waals surface area contributed by atoms with Crippen molar-refractivity contribution in [2.24, 2.45) is 13.0 Å². The lowest BCUT2D eigenvalue weighted by molar-refractivity contribution is 0.874. The third kappa shape index (κ3) is 3.35. The zero-order valence-electron chi connectivity index (χ0n) is 14.5. The molecular formula is C20H22N2OS2. The lowest BCUT2D eigenvalue weighted by atomic mass is 10.0. The van der Waals surface area contributed by atoms with Crippen LogP contribution in [0.2, 0.25) is 0 Å². The standard InChI is InChI=1S/C20H22N2OS2/c1-3-24-18-10-16(19(25-18)21-11-13-8-9-13)17-12-22(2)20(23)15-7-5-4-6-14(15)17/h4-7,10,12-13,21H,3,8-9,11H2,1-2H3. The van der Waals surface area contributed by atoms with Gasteiger partial charge in [-0.1, -0.05) is 25.1 Å². The molecule has 1 aliphatic carbocycles. The highest BCUT2D eigenvalue weighted by molar-refractivity contribution is 8.01. The van der Waals surface area contributed by atoms with Crippen LogP contribution >= 0.6 is 23.1 Å². The Balaban J connectivity index is 1.86. The lowest BCUT2D eigenvalue weighted by Gasteiger charge is -2.11. The number of pyridine rings is 1. The van der Waals surface area contributed by atoms with Gasteiger partial charge in [-0.3, -0.25) is 4.79 Å². The van der Waals surface area contributed by atoms with Crippen molar-refractivity contribution in [3.8, 4) is 11.1 Å². The summed E-state index contributed by atoms with van der Waals surface area (Å²) in [5.41, 5.74) is 2.41. The van der Waals surface area contributed by atoms with Crippen LogP contribution in [0.25, 0.3) is 21.9 Å². The molecule has 130 valence electrons. The monoisotopic (exact) mass is 370 g/mol. The van der Waals surface area contributed by atoms with Crippen LogP contribution in [0.5, 0.6) is 0 Å². The van der Waals surface area contributed by atoms with Gasteiger partial charge in [0.1, 0.15) is 0 Å². The molecule has 0 amide bonds. The maximum Gasteiger partial charge on any atom is 0.258 e. The van der Waals surface area contributed by atoms with E-state index < -0.39 is 0 Å². The van der Waals surface area contributed by atoms with E-state index in [9.17, 15) is 4.79 Å². The minimum Gasteiger partial charge on any atom is -0.376 e. The van der Waals surface area contributed by atoms with Crippen molar-refractivity contribution < 1.29 is 0 Å². The fraction of sp³-hybridized carbons (Fsp3) is 0.350. The number of aryl methyl sites for hydroxylation is 1. The van der Waals surface area contributed by atoms with Crippen molar-refractivity contribution in [2.45, 2.75) is 24.0 Å². The maximum absolute atomic E-state index is 12.5. The van der Waals surface area contributed by atoms with Crippen molar-refractivity contribution in [1.82, 2.24) is 4.57 Å². The van der Waals surface area contributed by atoms with Gasteiger partial charge in [0.2, 0.25) is 0 Å². The number of benzene rings is 1. The van der Waals surface area contributed by atoms with Gasteiger partial charge in [-0.05, 0) is 42.0 Å². The van der Waals surface area contributed by atoms with Crippen LogP contribution in [0, 0.1) is 5.92 Å². The summed E-state index contributed by atoms with van der Waals surface area (Å²) in [5.74, 6) is 1.89. The third-order valence-electron chi connectivity index (χ3n) is 4.63. The van der Waals surface area contributed by atoms with Crippen molar-refractivity contribution >= 4 is 38.9 Å². The Bertz CT molecular complexity index is 969. The summed E-state index contributed by atoms with van der Waals surface area (Å²) >= 11 is 3.71. The van der Waals surface area contributed by atoms with Gasteiger partial charge in [-0.15, -0.1) is 23.1 Å². The number of hydrogen-bond donors (Lipinski definition) is 1. The molecule has 2 aromatic heterocycles. The smallest absolute Gasteiger partial charge is 0.258 e. The molecular weight excluding hydrogens is 348 g/mol. The van der Waals surface area contributed by atoms with Gasteiger partial charge >= 0.3 is 0 Å². The van der Waals surface area contributed by atoms with Gasteiger partial charge in [-0.2, -0.15) is 0 Å². The van der Waals surface area contributed by atoms with E-state index in [-0.39, 0.29) is 5.56 Å². The predicted molar refractivity (Wildman–Crippen MR) is 110 cm³/mol. The highest BCUT2D eigenvalue weighted by atomic mass is 32.2. The van der Waals surface area contributed by atoms with E-state index in [1.165, 1.54) is 27.6 Å². The number of hydrogen-bond acceptors (Lipinski definition) is 4. The second-order valence-electron chi connectivity index (χ2n) is 6.57. The van der Waals surface area contributed by atoms with Crippen LogP contribution in [-0.2, 0) is 7.05 Å². The number of thioether (sulfide) groups is 1. The molecule has 3 nitrogen and oxygen atoms in total. The van der Waals surface area contributed by atoms with E-state index >= 15 is 0 Å². The topological polar surface area (TPSA) is 34.0 Å². The summed E-state index contributed by atoms with van der Waals surface area (Å²) in [7, 11) is 1.84. The summed E-state index contributed by atoms with van der Waals surface area (Å²) < 4.78 is 3.03. The summed E-state index contributed by atoms with van der Waals surface area (Å²) in [5, 5.41) is 6.71. The predicted octanol–water partition coefficient (Wildman–Crippen LogP) is 5.20. The van der Waals surface area contributed by atoms with Crippen molar-refractivity contribution in [3.63, 3.8) is 0 Å². The molecule has 0 atom stereocenters. The molecule has 5 heteroatoms. The largest absolute Gasteiger partial charge is 0.376 e. The Morgan fingerprint density at radius 3 is 2.72 bits per heavy atom. The molecule has 1 fully saturated rings. The maximum atomic E-state index is 12.5. The van der Waals surface area contributed by atoms with E-state index in [1.807, 2.05) is 54.5 Å². The second-order valence-corrected chi connectivity index (χ2v) is 9.19. The van der Waals surface area contributed by atoms with Crippen molar-refractivity contribution in [1.29, 1.82) is 0 Å². The fourth-order valence-electron chi connectivity index (χ4n) is 3.10. The molecule has 0 aliphatic heterocycles. The SMILES string of the molecule is CCSc1cc(-c2cn(C)c(=O)c3ccccc23)c(NCC2CC2)s1. The molecule has 1 aromatic carbocycles.